The lowest BCUT2D eigenvalue weighted by Crippen LogP contribution is -2.62. The van der Waals surface area contributed by atoms with Gasteiger partial charge in [-0.15, -0.1) is 0 Å². The van der Waals surface area contributed by atoms with Gasteiger partial charge in [0.1, 0.15) is 6.61 Å². The SMILES string of the molecule is C[C@]12CC[C@H](O)C[C@H]1CC[C@@H]1[C@@H]2CC[C@]2(C)[C@H](/C=N/OCCCCN)CC[C@]12O. The second-order valence-corrected chi connectivity index (χ2v) is 11.0. The van der Waals surface area contributed by atoms with Crippen LogP contribution in [0.5, 0.6) is 0 Å². The molecule has 0 bridgehead atoms. The Morgan fingerprint density at radius 1 is 1.03 bits per heavy atom. The molecule has 8 atom stereocenters. The molecule has 0 aromatic rings. The first kappa shape index (κ1) is 21.6. The predicted molar refractivity (Wildman–Crippen MR) is 115 cm³/mol. The van der Waals surface area contributed by atoms with E-state index in [1.807, 2.05) is 6.21 Å². The van der Waals surface area contributed by atoms with Gasteiger partial charge in [0.2, 0.25) is 0 Å². The van der Waals surface area contributed by atoms with Crippen molar-refractivity contribution in [1.82, 2.24) is 0 Å². The largest absolute Gasteiger partial charge is 0.396 e. The van der Waals surface area contributed by atoms with Gasteiger partial charge in [-0.05, 0) is 100 Å². The zero-order valence-corrected chi connectivity index (χ0v) is 18.5. The smallest absolute Gasteiger partial charge is 0.117 e. The fourth-order valence-electron chi connectivity index (χ4n) is 7.96. The van der Waals surface area contributed by atoms with E-state index in [1.54, 1.807) is 0 Å². The van der Waals surface area contributed by atoms with E-state index in [2.05, 4.69) is 19.0 Å². The van der Waals surface area contributed by atoms with Crippen LogP contribution in [0.4, 0.5) is 0 Å². The molecule has 0 heterocycles. The summed E-state index contributed by atoms with van der Waals surface area (Å²) in [6, 6.07) is 0. The number of nitrogens with two attached hydrogens (primary N) is 1. The van der Waals surface area contributed by atoms with Crippen LogP contribution in [0.25, 0.3) is 0 Å². The van der Waals surface area contributed by atoms with Gasteiger partial charge in [0.05, 0.1) is 11.7 Å². The number of hydrogen-bond acceptors (Lipinski definition) is 5. The highest BCUT2D eigenvalue weighted by atomic mass is 16.6. The van der Waals surface area contributed by atoms with Gasteiger partial charge >= 0.3 is 0 Å². The lowest BCUT2D eigenvalue weighted by Gasteiger charge is -2.63. The van der Waals surface area contributed by atoms with E-state index in [9.17, 15) is 10.2 Å². The Labute approximate surface area is 176 Å². The molecule has 4 saturated carbocycles. The van der Waals surface area contributed by atoms with Crippen molar-refractivity contribution < 1.29 is 15.1 Å². The van der Waals surface area contributed by atoms with Crippen LogP contribution in [0.15, 0.2) is 5.16 Å². The third kappa shape index (κ3) is 3.45. The molecular weight excluding hydrogens is 364 g/mol. The van der Waals surface area contributed by atoms with Crippen molar-refractivity contribution in [2.45, 2.75) is 96.2 Å². The summed E-state index contributed by atoms with van der Waals surface area (Å²) in [6.07, 6.45) is 13.2. The van der Waals surface area contributed by atoms with E-state index in [-0.39, 0.29) is 16.9 Å². The van der Waals surface area contributed by atoms with Crippen molar-refractivity contribution in [3.05, 3.63) is 0 Å². The molecule has 0 aromatic heterocycles. The zero-order valence-electron chi connectivity index (χ0n) is 18.5. The highest BCUT2D eigenvalue weighted by Gasteiger charge is 2.66. The lowest BCUT2D eigenvalue weighted by molar-refractivity contribution is -0.206. The Hall–Kier alpha value is -0.650. The van der Waals surface area contributed by atoms with Gasteiger partial charge in [0.25, 0.3) is 0 Å². The van der Waals surface area contributed by atoms with Crippen molar-refractivity contribution in [1.29, 1.82) is 0 Å². The summed E-state index contributed by atoms with van der Waals surface area (Å²) in [7, 11) is 0. The molecule has 29 heavy (non-hydrogen) atoms. The number of fused-ring (bicyclic) bond motifs is 5. The van der Waals surface area contributed by atoms with Crippen molar-refractivity contribution in [2.24, 2.45) is 45.4 Å². The predicted octanol–water partition coefficient (Wildman–Crippen LogP) is 3.86. The summed E-state index contributed by atoms with van der Waals surface area (Å²) >= 11 is 0. The Morgan fingerprint density at radius 2 is 1.86 bits per heavy atom. The molecule has 5 nitrogen and oxygen atoms in total. The van der Waals surface area contributed by atoms with Crippen LogP contribution in [0.2, 0.25) is 0 Å². The molecule has 4 N–H and O–H groups in total. The molecule has 0 unspecified atom stereocenters. The summed E-state index contributed by atoms with van der Waals surface area (Å²) in [5.41, 5.74) is 5.12. The first-order chi connectivity index (χ1) is 13.8. The monoisotopic (exact) mass is 406 g/mol. The van der Waals surface area contributed by atoms with Crippen LogP contribution in [0, 0.1) is 34.5 Å². The number of aliphatic hydroxyl groups excluding tert-OH is 1. The van der Waals surface area contributed by atoms with Crippen LogP contribution in [-0.4, -0.2) is 41.3 Å². The van der Waals surface area contributed by atoms with Crippen molar-refractivity contribution >= 4 is 6.21 Å². The minimum Gasteiger partial charge on any atom is -0.396 e. The van der Waals surface area contributed by atoms with Crippen molar-refractivity contribution in [3.8, 4) is 0 Å². The van der Waals surface area contributed by atoms with Crippen LogP contribution < -0.4 is 5.73 Å². The highest BCUT2D eigenvalue weighted by Crippen LogP contribution is 2.68. The number of hydrogen-bond donors (Lipinski definition) is 3. The molecule has 0 aromatic carbocycles. The zero-order chi connectivity index (χ0) is 20.7. The summed E-state index contributed by atoms with van der Waals surface area (Å²) in [6.45, 7) is 6.09. The molecule has 0 radical (unpaired) electrons. The van der Waals surface area contributed by atoms with E-state index in [0.29, 0.717) is 36.8 Å². The van der Waals surface area contributed by atoms with Gasteiger partial charge in [0, 0.05) is 17.5 Å². The second-order valence-electron chi connectivity index (χ2n) is 11.0. The van der Waals surface area contributed by atoms with Crippen LogP contribution in [-0.2, 0) is 4.84 Å². The van der Waals surface area contributed by atoms with Gasteiger partial charge in [0.15, 0.2) is 0 Å². The number of oxime groups is 1. The summed E-state index contributed by atoms with van der Waals surface area (Å²) < 4.78 is 0. The number of nitrogens with zero attached hydrogens (tertiary/aromatic N) is 1. The Balaban J connectivity index is 1.47. The molecule has 0 spiro atoms. The van der Waals surface area contributed by atoms with Gasteiger partial charge in [-0.25, -0.2) is 0 Å². The fourth-order valence-corrected chi connectivity index (χ4v) is 7.96. The van der Waals surface area contributed by atoms with E-state index in [1.165, 1.54) is 6.42 Å². The van der Waals surface area contributed by atoms with Crippen molar-refractivity contribution in [2.75, 3.05) is 13.2 Å². The van der Waals surface area contributed by atoms with E-state index >= 15 is 0 Å². The topological polar surface area (TPSA) is 88.1 Å². The first-order valence-electron chi connectivity index (χ1n) is 12.1. The Kier molecular flexibility index (Phi) is 6.04. The molecule has 4 aliphatic rings. The number of rotatable bonds is 6. The van der Waals surface area contributed by atoms with Gasteiger partial charge in [-0.2, -0.15) is 0 Å². The normalized spacial score (nSPS) is 49.5. The fraction of sp³-hybridized carbons (Fsp3) is 0.958. The Bertz CT molecular complexity index is 613. The van der Waals surface area contributed by atoms with E-state index in [4.69, 9.17) is 10.6 Å². The summed E-state index contributed by atoms with van der Waals surface area (Å²) in [5, 5.41) is 26.6. The summed E-state index contributed by atoms with van der Waals surface area (Å²) in [5.74, 6) is 1.90. The van der Waals surface area contributed by atoms with Crippen LogP contribution in [0.1, 0.15) is 84.5 Å². The molecular formula is C24H42N2O3. The molecule has 0 amide bonds. The third-order valence-corrected chi connectivity index (χ3v) is 9.90. The molecule has 4 rings (SSSR count). The first-order valence-corrected chi connectivity index (χ1v) is 12.1. The molecule has 4 fully saturated rings. The molecule has 0 aliphatic heterocycles. The minimum absolute atomic E-state index is 0.102. The third-order valence-electron chi connectivity index (χ3n) is 9.90. The standard InChI is InChI=1S/C24H42N2O3/c1-22-10-8-19(27)15-17(22)5-6-21-20(22)9-11-23(2)18(7-12-24(21,23)28)16-26-29-14-4-3-13-25/h16-21,27-28H,3-15,25H2,1-2H3/b26-16+/t17-,18+,19+,20+,21-,22+,23-,24+/m1/s1. The van der Waals surface area contributed by atoms with Crippen LogP contribution in [0.3, 0.4) is 0 Å². The molecule has 5 heteroatoms. The molecule has 4 aliphatic carbocycles. The van der Waals surface area contributed by atoms with E-state index in [0.717, 1.165) is 64.2 Å². The molecule has 0 saturated heterocycles. The quantitative estimate of drug-likeness (QED) is 0.355. The van der Waals surface area contributed by atoms with Crippen molar-refractivity contribution in [3.63, 3.8) is 0 Å². The minimum atomic E-state index is -0.587. The lowest BCUT2D eigenvalue weighted by atomic mass is 9.43. The summed E-state index contributed by atoms with van der Waals surface area (Å²) in [4.78, 5) is 5.47. The maximum Gasteiger partial charge on any atom is 0.117 e. The second kappa shape index (κ2) is 8.12. The number of unbranched alkanes of at least 4 members (excludes halogenated alkanes) is 1. The van der Waals surface area contributed by atoms with E-state index < -0.39 is 5.60 Å². The van der Waals surface area contributed by atoms with Gasteiger partial charge in [-0.1, -0.05) is 19.0 Å². The maximum atomic E-state index is 12.1. The molecule has 166 valence electrons. The van der Waals surface area contributed by atoms with Crippen LogP contribution >= 0.6 is 0 Å². The number of aliphatic hydroxyl groups is 2. The highest BCUT2D eigenvalue weighted by molar-refractivity contribution is 5.63. The average molecular weight is 407 g/mol. The Morgan fingerprint density at radius 3 is 2.66 bits per heavy atom. The average Bonchev–Trinajstić information content (AvgIpc) is 2.96. The van der Waals surface area contributed by atoms with Gasteiger partial charge < -0.3 is 20.8 Å². The maximum absolute atomic E-state index is 12.1. The van der Waals surface area contributed by atoms with Gasteiger partial charge in [-0.3, -0.25) is 0 Å².